The molecule has 0 atom stereocenters. The zero-order chi connectivity index (χ0) is 25.1. The number of carboxylic acids is 1. The minimum atomic E-state index is -3.27. The van der Waals surface area contributed by atoms with Gasteiger partial charge in [0.2, 0.25) is 0 Å². The van der Waals surface area contributed by atoms with Gasteiger partial charge >= 0.3 is 5.97 Å². The number of aromatic carboxylic acids is 1. The predicted molar refractivity (Wildman–Crippen MR) is 135 cm³/mol. The lowest BCUT2D eigenvalue weighted by Crippen LogP contribution is -2.00. The van der Waals surface area contributed by atoms with Crippen molar-refractivity contribution in [1.82, 2.24) is 15.0 Å². The minimum Gasteiger partial charge on any atom is -0.477 e. The van der Waals surface area contributed by atoms with Crippen LogP contribution in [0.4, 0.5) is 4.39 Å². The number of aromatic amines is 3. The van der Waals surface area contributed by atoms with Crippen LogP contribution < -0.4 is 0 Å². The van der Waals surface area contributed by atoms with Gasteiger partial charge in [0.05, 0.1) is 11.4 Å². The van der Waals surface area contributed by atoms with E-state index in [9.17, 15) is 22.7 Å². The molecule has 2 aromatic carbocycles. The molecule has 9 heteroatoms. The van der Waals surface area contributed by atoms with Crippen LogP contribution in [0.2, 0.25) is 0 Å². The molecule has 0 aliphatic heterocycles. The van der Waals surface area contributed by atoms with Crippen molar-refractivity contribution in [3.63, 3.8) is 0 Å². The fraction of sp³-hybridized carbons (Fsp3) is 0.192. The van der Waals surface area contributed by atoms with E-state index >= 15 is 0 Å². The van der Waals surface area contributed by atoms with Crippen molar-refractivity contribution >= 4 is 37.6 Å². The van der Waals surface area contributed by atoms with Crippen LogP contribution in [-0.2, 0) is 15.6 Å². The lowest BCUT2D eigenvalue weighted by Gasteiger charge is -2.13. The Labute approximate surface area is 200 Å². The summed E-state index contributed by atoms with van der Waals surface area (Å²) in [7, 11) is -3.27. The van der Waals surface area contributed by atoms with Gasteiger partial charge in [-0.05, 0) is 47.4 Å². The first-order valence-corrected chi connectivity index (χ1v) is 13.1. The highest BCUT2D eigenvalue weighted by Gasteiger charge is 2.28. The lowest BCUT2D eigenvalue weighted by molar-refractivity contribution is 0.0692. The summed E-state index contributed by atoms with van der Waals surface area (Å²) in [5.74, 6) is -1.84. The molecule has 7 nitrogen and oxygen atoms in total. The molecular formula is C26H24FN3O4S. The van der Waals surface area contributed by atoms with Gasteiger partial charge in [0.15, 0.2) is 9.84 Å². The van der Waals surface area contributed by atoms with Crippen molar-refractivity contribution in [2.75, 3.05) is 6.26 Å². The summed E-state index contributed by atoms with van der Waals surface area (Å²) < 4.78 is 38.2. The van der Waals surface area contributed by atoms with Crippen molar-refractivity contribution in [3.05, 3.63) is 71.4 Å². The van der Waals surface area contributed by atoms with Crippen LogP contribution in [-0.4, -0.2) is 40.7 Å². The Morgan fingerprint density at radius 3 is 2.49 bits per heavy atom. The third-order valence-electron chi connectivity index (χ3n) is 6.14. The average molecular weight is 494 g/mol. The van der Waals surface area contributed by atoms with E-state index in [1.165, 1.54) is 12.1 Å². The number of nitrogens with one attached hydrogen (secondary N) is 3. The summed E-state index contributed by atoms with van der Waals surface area (Å²) in [5, 5.41) is 11.6. The predicted octanol–water partition coefficient (Wildman–Crippen LogP) is 5.82. The Bertz CT molecular complexity index is 1720. The van der Waals surface area contributed by atoms with Crippen LogP contribution in [0.3, 0.4) is 0 Å². The van der Waals surface area contributed by atoms with Gasteiger partial charge in [0, 0.05) is 51.1 Å². The second-order valence-electron chi connectivity index (χ2n) is 9.15. The fourth-order valence-corrected chi connectivity index (χ4v) is 5.59. The van der Waals surface area contributed by atoms with E-state index in [-0.39, 0.29) is 17.4 Å². The Morgan fingerprint density at radius 1 is 1.03 bits per heavy atom. The quantitative estimate of drug-likeness (QED) is 0.238. The Balaban J connectivity index is 1.84. The maximum atomic E-state index is 14.5. The van der Waals surface area contributed by atoms with Crippen molar-refractivity contribution in [3.8, 4) is 22.4 Å². The lowest BCUT2D eigenvalue weighted by atomic mass is 9.89. The standard InChI is InChI=1S/C26H24FN3O4S/c1-13(2)22-23(17-5-4-6-20-18(17)11-15(29-20)12-35(3,33)34)25(26(31)32)30-24(22)19-9-14(27)10-21-16(19)7-8-28-21/h4-11,13,28-30H,12H2,1-3H3,(H,31,32). The van der Waals surface area contributed by atoms with Gasteiger partial charge in [0.1, 0.15) is 11.5 Å². The maximum Gasteiger partial charge on any atom is 0.352 e. The van der Waals surface area contributed by atoms with Crippen molar-refractivity contribution in [2.45, 2.75) is 25.5 Å². The largest absolute Gasteiger partial charge is 0.477 e. The van der Waals surface area contributed by atoms with Crippen molar-refractivity contribution < 1.29 is 22.7 Å². The summed E-state index contributed by atoms with van der Waals surface area (Å²) in [4.78, 5) is 21.7. The highest BCUT2D eigenvalue weighted by Crippen LogP contribution is 2.44. The summed E-state index contributed by atoms with van der Waals surface area (Å²) in [6.45, 7) is 3.92. The molecule has 0 saturated heterocycles. The molecule has 3 heterocycles. The summed E-state index contributed by atoms with van der Waals surface area (Å²) in [6.07, 6.45) is 2.88. The number of hydrogen-bond acceptors (Lipinski definition) is 3. The van der Waals surface area contributed by atoms with Gasteiger partial charge in [-0.2, -0.15) is 0 Å². The number of fused-ring (bicyclic) bond motifs is 2. The molecule has 5 rings (SSSR count). The normalized spacial score (nSPS) is 12.3. The number of halogens is 1. The van der Waals surface area contributed by atoms with Gasteiger partial charge in [-0.3, -0.25) is 0 Å². The van der Waals surface area contributed by atoms with E-state index in [2.05, 4.69) is 15.0 Å². The fourth-order valence-electron chi connectivity index (χ4n) is 4.87. The van der Waals surface area contributed by atoms with Gasteiger partial charge in [-0.1, -0.05) is 26.0 Å². The molecule has 3 aromatic heterocycles. The summed E-state index contributed by atoms with van der Waals surface area (Å²) >= 11 is 0. The molecule has 180 valence electrons. The summed E-state index contributed by atoms with van der Waals surface area (Å²) in [5.41, 5.74) is 4.85. The molecule has 0 amide bonds. The molecule has 0 bridgehead atoms. The molecule has 4 N–H and O–H groups in total. The van der Waals surface area contributed by atoms with Gasteiger partial charge in [0.25, 0.3) is 0 Å². The number of benzene rings is 2. The number of aromatic nitrogens is 3. The first kappa shape index (κ1) is 22.9. The number of carbonyl (C=O) groups is 1. The van der Waals surface area contributed by atoms with Crippen LogP contribution in [0.5, 0.6) is 0 Å². The molecule has 0 radical (unpaired) electrons. The highest BCUT2D eigenvalue weighted by molar-refractivity contribution is 7.89. The third-order valence-corrected chi connectivity index (χ3v) is 6.98. The Kier molecular flexibility index (Phi) is 5.32. The zero-order valence-corrected chi connectivity index (χ0v) is 20.2. The Morgan fingerprint density at radius 2 is 1.80 bits per heavy atom. The van der Waals surface area contributed by atoms with Crippen LogP contribution >= 0.6 is 0 Å². The van der Waals surface area contributed by atoms with E-state index in [0.29, 0.717) is 44.5 Å². The first-order valence-electron chi connectivity index (χ1n) is 11.1. The molecule has 0 spiro atoms. The SMILES string of the molecule is CC(C)c1c(-c2cc(F)cc3[nH]ccc23)[nH]c(C(=O)O)c1-c1cccc2[nH]c(CS(C)(=O)=O)cc12. The second kappa shape index (κ2) is 8.13. The molecule has 5 aromatic rings. The molecule has 0 unspecified atom stereocenters. The van der Waals surface area contributed by atoms with E-state index in [4.69, 9.17) is 0 Å². The number of carboxylic acid groups (broad SMARTS) is 1. The zero-order valence-electron chi connectivity index (χ0n) is 19.4. The minimum absolute atomic E-state index is 0.00462. The number of sulfone groups is 1. The molecule has 0 aliphatic carbocycles. The molecule has 0 fully saturated rings. The Hall–Kier alpha value is -3.85. The number of rotatable bonds is 6. The maximum absolute atomic E-state index is 14.5. The third kappa shape index (κ3) is 4.01. The summed E-state index contributed by atoms with van der Waals surface area (Å²) in [6, 6.07) is 11.8. The van der Waals surface area contributed by atoms with Crippen LogP contribution in [0.1, 0.15) is 41.5 Å². The van der Waals surface area contributed by atoms with E-state index in [1.54, 1.807) is 18.3 Å². The van der Waals surface area contributed by atoms with E-state index < -0.39 is 21.6 Å². The molecule has 0 aliphatic rings. The van der Waals surface area contributed by atoms with E-state index in [0.717, 1.165) is 17.2 Å². The number of H-pyrrole nitrogens is 3. The van der Waals surface area contributed by atoms with E-state index in [1.807, 2.05) is 32.0 Å². The number of hydrogen-bond donors (Lipinski definition) is 4. The second-order valence-corrected chi connectivity index (χ2v) is 11.3. The van der Waals surface area contributed by atoms with Crippen molar-refractivity contribution in [1.29, 1.82) is 0 Å². The van der Waals surface area contributed by atoms with Gasteiger partial charge in [-0.15, -0.1) is 0 Å². The highest BCUT2D eigenvalue weighted by atomic mass is 32.2. The van der Waals surface area contributed by atoms with Crippen LogP contribution in [0.25, 0.3) is 44.2 Å². The van der Waals surface area contributed by atoms with Crippen LogP contribution in [0, 0.1) is 5.82 Å². The molecular weight excluding hydrogens is 469 g/mol. The molecule has 0 saturated carbocycles. The topological polar surface area (TPSA) is 119 Å². The van der Waals surface area contributed by atoms with Crippen molar-refractivity contribution in [2.24, 2.45) is 0 Å². The first-order chi connectivity index (χ1) is 16.5. The van der Waals surface area contributed by atoms with Gasteiger partial charge < -0.3 is 20.1 Å². The average Bonchev–Trinajstić information content (AvgIpc) is 3.47. The van der Waals surface area contributed by atoms with Gasteiger partial charge in [-0.25, -0.2) is 17.6 Å². The monoisotopic (exact) mass is 493 g/mol. The smallest absolute Gasteiger partial charge is 0.352 e. The molecule has 35 heavy (non-hydrogen) atoms. The van der Waals surface area contributed by atoms with Crippen LogP contribution in [0.15, 0.2) is 48.7 Å².